The Morgan fingerprint density at radius 3 is 1.36 bits per heavy atom. The Morgan fingerprint density at radius 1 is 0.640 bits per heavy atom. The molecular weight excluding hydrogens is 628 g/mol. The number of carbonyl (C=O) groups excluding carboxylic acids is 2. The van der Waals surface area contributed by atoms with E-state index in [0.29, 0.717) is 25.9 Å². The second kappa shape index (κ2) is 22.1. The zero-order valence-electron chi connectivity index (χ0n) is 29.7. The molecular formula is C42H54N2O6. The summed E-state index contributed by atoms with van der Waals surface area (Å²) in [6.07, 6.45) is 28.2. The van der Waals surface area contributed by atoms with Crippen LogP contribution in [0.25, 0.3) is 0 Å². The molecule has 2 atom stereocenters. The van der Waals surface area contributed by atoms with E-state index in [4.69, 9.17) is 10.2 Å². The fourth-order valence-electron chi connectivity index (χ4n) is 6.00. The summed E-state index contributed by atoms with van der Waals surface area (Å²) in [7, 11) is 0. The lowest BCUT2D eigenvalue weighted by Crippen LogP contribution is -2.33. The lowest BCUT2D eigenvalue weighted by Gasteiger charge is -2.22. The molecule has 268 valence electrons. The second-order valence-electron chi connectivity index (χ2n) is 12.8. The summed E-state index contributed by atoms with van der Waals surface area (Å²) in [4.78, 5) is 49.9. The number of hydrogen-bond acceptors (Lipinski definition) is 4. The molecule has 8 nitrogen and oxygen atoms in total. The van der Waals surface area contributed by atoms with E-state index in [1.54, 1.807) is 24.3 Å². The summed E-state index contributed by atoms with van der Waals surface area (Å²) in [5.41, 5.74) is 2.67. The van der Waals surface area contributed by atoms with Crippen molar-refractivity contribution in [2.75, 3.05) is 13.1 Å². The molecule has 2 amide bonds. The van der Waals surface area contributed by atoms with E-state index < -0.39 is 11.9 Å². The van der Waals surface area contributed by atoms with E-state index in [-0.39, 0.29) is 35.0 Å². The minimum absolute atomic E-state index is 0.168. The molecule has 0 aliphatic carbocycles. The van der Waals surface area contributed by atoms with Crippen molar-refractivity contribution in [3.63, 3.8) is 0 Å². The summed E-state index contributed by atoms with van der Waals surface area (Å²) in [6.45, 7) is 5.70. The van der Waals surface area contributed by atoms with Crippen molar-refractivity contribution in [1.82, 2.24) is 9.80 Å². The van der Waals surface area contributed by atoms with Crippen LogP contribution in [-0.2, 0) is 22.4 Å². The number of amides is 2. The number of benzene rings is 2. The normalized spacial score (nSPS) is 17.9. The van der Waals surface area contributed by atoms with Crippen LogP contribution in [0.1, 0.15) is 110 Å². The third-order valence-corrected chi connectivity index (χ3v) is 9.04. The number of carbonyl (C=O) groups is 4. The molecule has 2 aliphatic heterocycles. The number of carboxylic acids is 2. The molecule has 0 spiro atoms. The first-order chi connectivity index (χ1) is 24.2. The maximum atomic E-state index is 12.1. The zero-order chi connectivity index (χ0) is 36.1. The third kappa shape index (κ3) is 13.7. The molecule has 0 unspecified atom stereocenters. The molecule has 0 radical (unpaired) electrons. The average molecular weight is 683 g/mol. The van der Waals surface area contributed by atoms with Crippen LogP contribution in [0.4, 0.5) is 0 Å². The van der Waals surface area contributed by atoms with E-state index in [2.05, 4.69) is 50.3 Å². The summed E-state index contributed by atoms with van der Waals surface area (Å²) in [5, 5.41) is 17.9. The molecule has 4 rings (SSSR count). The number of aromatic carboxylic acids is 2. The van der Waals surface area contributed by atoms with Crippen LogP contribution < -0.4 is 0 Å². The molecule has 2 aromatic carbocycles. The van der Waals surface area contributed by atoms with Gasteiger partial charge in [0.15, 0.2) is 0 Å². The van der Waals surface area contributed by atoms with Crippen LogP contribution in [-0.4, -0.2) is 68.9 Å². The number of rotatable bonds is 18. The molecule has 2 aromatic rings. The summed E-state index contributed by atoms with van der Waals surface area (Å²) in [6, 6.07) is 14.1. The quantitative estimate of drug-likeness (QED) is 0.120. The van der Waals surface area contributed by atoms with Crippen LogP contribution in [0.5, 0.6) is 0 Å². The second-order valence-corrected chi connectivity index (χ2v) is 12.8. The van der Waals surface area contributed by atoms with Gasteiger partial charge in [0.25, 0.3) is 0 Å². The Hall–Kier alpha value is -4.72. The number of carboxylic acid groups (broad SMARTS) is 2. The summed E-state index contributed by atoms with van der Waals surface area (Å²) < 4.78 is 0. The minimum Gasteiger partial charge on any atom is -0.478 e. The predicted octanol–water partition coefficient (Wildman–Crippen LogP) is 8.44. The Labute approximate surface area is 297 Å². The van der Waals surface area contributed by atoms with Gasteiger partial charge in [-0.2, -0.15) is 0 Å². The smallest absolute Gasteiger partial charge is 0.335 e. The van der Waals surface area contributed by atoms with Gasteiger partial charge >= 0.3 is 11.9 Å². The van der Waals surface area contributed by atoms with Crippen LogP contribution in [0, 0.1) is 0 Å². The average Bonchev–Trinajstić information content (AvgIpc) is 3.66. The van der Waals surface area contributed by atoms with Gasteiger partial charge in [-0.1, -0.05) is 112 Å². The third-order valence-electron chi connectivity index (χ3n) is 9.04. The Kier molecular flexibility index (Phi) is 17.5. The highest BCUT2D eigenvalue weighted by atomic mass is 16.4. The van der Waals surface area contributed by atoms with Crippen molar-refractivity contribution in [3.8, 4) is 0 Å². The van der Waals surface area contributed by atoms with E-state index in [9.17, 15) is 19.2 Å². The van der Waals surface area contributed by atoms with Gasteiger partial charge in [0.1, 0.15) is 0 Å². The van der Waals surface area contributed by atoms with Gasteiger partial charge in [-0.25, -0.2) is 9.59 Å². The Morgan fingerprint density at radius 2 is 1.02 bits per heavy atom. The van der Waals surface area contributed by atoms with Crippen molar-refractivity contribution < 1.29 is 29.4 Å². The van der Waals surface area contributed by atoms with Crippen LogP contribution >= 0.6 is 0 Å². The van der Waals surface area contributed by atoms with E-state index in [1.165, 1.54) is 25.7 Å². The Bertz CT molecular complexity index is 1380. The van der Waals surface area contributed by atoms with Crippen LogP contribution in [0.3, 0.4) is 0 Å². The van der Waals surface area contributed by atoms with Gasteiger partial charge < -0.3 is 20.0 Å². The predicted molar refractivity (Wildman–Crippen MR) is 199 cm³/mol. The number of allylic oxidation sites excluding steroid dienone is 6. The molecule has 50 heavy (non-hydrogen) atoms. The first-order valence-corrected chi connectivity index (χ1v) is 18.1. The van der Waals surface area contributed by atoms with Crippen LogP contribution in [0.15, 0.2) is 97.1 Å². The van der Waals surface area contributed by atoms with Gasteiger partial charge in [-0.05, 0) is 73.9 Å². The fourth-order valence-corrected chi connectivity index (χ4v) is 6.00. The molecule has 2 fully saturated rings. The lowest BCUT2D eigenvalue weighted by atomic mass is 10.1. The molecule has 2 saturated heterocycles. The maximum Gasteiger partial charge on any atom is 0.335 e. The van der Waals surface area contributed by atoms with Crippen molar-refractivity contribution in [2.45, 2.75) is 103 Å². The monoisotopic (exact) mass is 682 g/mol. The number of nitrogens with zero attached hydrogens (tertiary/aromatic N) is 2. The van der Waals surface area contributed by atoms with Gasteiger partial charge in [0.2, 0.25) is 11.8 Å². The molecule has 2 aliphatic rings. The maximum absolute atomic E-state index is 12.1. The molecule has 2 N–H and O–H groups in total. The highest BCUT2D eigenvalue weighted by Gasteiger charge is 2.29. The summed E-state index contributed by atoms with van der Waals surface area (Å²) >= 11 is 0. The number of likely N-dealkylation sites (tertiary alicyclic amines) is 2. The van der Waals surface area contributed by atoms with Gasteiger partial charge in [0, 0.05) is 25.9 Å². The molecule has 0 saturated carbocycles. The van der Waals surface area contributed by atoms with Crippen molar-refractivity contribution in [2.24, 2.45) is 0 Å². The first-order valence-electron chi connectivity index (χ1n) is 18.1. The fraction of sp³-hybridized carbons (Fsp3) is 0.429. The number of hydrogen-bond donors (Lipinski definition) is 2. The SMILES string of the molecule is CCCC/C=C/C=C/[C@H]1CCC(=O)N1CCc1ccc(C(=O)O)cc1.CCCC/C=C/C=C\[C@H]1CCC(=O)N1CCc1ccc(C(=O)O)cc1. The highest BCUT2D eigenvalue weighted by molar-refractivity contribution is 5.88. The topological polar surface area (TPSA) is 115 Å². The molecule has 2 heterocycles. The van der Waals surface area contributed by atoms with Crippen molar-refractivity contribution in [3.05, 3.63) is 119 Å². The molecule has 8 heteroatoms. The summed E-state index contributed by atoms with van der Waals surface area (Å²) in [5.74, 6) is -1.43. The van der Waals surface area contributed by atoms with Gasteiger partial charge in [0.05, 0.1) is 23.2 Å². The standard InChI is InChI=1S/2C21H27NO3/c2*1-2-3-4-5-6-7-8-19-13-14-20(23)22(19)16-15-17-9-11-18(12-10-17)21(24)25/h2*5-12,19H,2-4,13-16H2,1H3,(H,24,25)/b6-5+,8-7+;6-5+,8-7-/t2*19-/m00/s1. The van der Waals surface area contributed by atoms with Crippen molar-refractivity contribution in [1.29, 1.82) is 0 Å². The van der Waals surface area contributed by atoms with E-state index >= 15 is 0 Å². The Balaban J connectivity index is 0.000000270. The minimum atomic E-state index is -0.918. The zero-order valence-corrected chi connectivity index (χ0v) is 29.7. The van der Waals surface area contributed by atoms with Gasteiger partial charge in [-0.3, -0.25) is 9.59 Å². The highest BCUT2D eigenvalue weighted by Crippen LogP contribution is 2.22. The van der Waals surface area contributed by atoms with E-state index in [0.717, 1.165) is 49.7 Å². The molecule has 0 bridgehead atoms. The molecule has 0 aromatic heterocycles. The largest absolute Gasteiger partial charge is 0.478 e. The first kappa shape index (κ1) is 39.7. The lowest BCUT2D eigenvalue weighted by molar-refractivity contribution is -0.129. The van der Waals surface area contributed by atoms with E-state index in [1.807, 2.05) is 46.2 Å². The van der Waals surface area contributed by atoms with Crippen LogP contribution in [0.2, 0.25) is 0 Å². The number of unbranched alkanes of at least 4 members (excludes halogenated alkanes) is 4. The van der Waals surface area contributed by atoms with Gasteiger partial charge in [-0.15, -0.1) is 0 Å². The van der Waals surface area contributed by atoms with Crippen molar-refractivity contribution >= 4 is 23.8 Å².